The molecule has 0 fully saturated rings. The van der Waals surface area contributed by atoms with Crippen LogP contribution in [0.15, 0.2) is 72.9 Å². The van der Waals surface area contributed by atoms with Crippen molar-refractivity contribution >= 4 is 11.8 Å². The van der Waals surface area contributed by atoms with Gasteiger partial charge in [0.05, 0.1) is 20.2 Å². The van der Waals surface area contributed by atoms with Crippen LogP contribution in [0.4, 0.5) is 0 Å². The van der Waals surface area contributed by atoms with Crippen molar-refractivity contribution < 1.29 is 19.1 Å². The molecule has 0 saturated carbocycles. The molecule has 1 aromatic heterocycles. The van der Waals surface area contributed by atoms with Crippen molar-refractivity contribution in [3.05, 3.63) is 89.7 Å². The molecule has 0 spiro atoms. The van der Waals surface area contributed by atoms with Crippen molar-refractivity contribution in [2.24, 2.45) is 0 Å². The molecule has 0 N–H and O–H groups in total. The Balaban J connectivity index is 1.78. The maximum absolute atomic E-state index is 13.4. The van der Waals surface area contributed by atoms with Gasteiger partial charge in [-0.3, -0.25) is 9.59 Å². The number of carbonyl (C=O) groups excluding carboxylic acids is 2. The number of hydrogen-bond acceptors (Lipinski definition) is 4. The van der Waals surface area contributed by atoms with Crippen LogP contribution in [0.2, 0.25) is 0 Å². The van der Waals surface area contributed by atoms with Gasteiger partial charge >= 0.3 is 0 Å². The third kappa shape index (κ3) is 8.00. The Bertz CT molecular complexity index is 1080. The largest absolute Gasteiger partial charge is 0.497 e. The second-order valence-electron chi connectivity index (χ2n) is 8.50. The average Bonchev–Trinajstić information content (AvgIpc) is 3.30. The number of hydrogen-bond donors (Lipinski definition) is 0. The summed E-state index contributed by atoms with van der Waals surface area (Å²) in [4.78, 5) is 29.0. The summed E-state index contributed by atoms with van der Waals surface area (Å²) in [5, 5.41) is 0. The van der Waals surface area contributed by atoms with Gasteiger partial charge in [0.15, 0.2) is 0 Å². The minimum absolute atomic E-state index is 0.0441. The van der Waals surface area contributed by atoms with Crippen LogP contribution in [-0.4, -0.2) is 60.1 Å². The summed E-state index contributed by atoms with van der Waals surface area (Å²) in [6, 6.07) is 21.9. The van der Waals surface area contributed by atoms with E-state index in [-0.39, 0.29) is 18.4 Å². The summed E-state index contributed by atoms with van der Waals surface area (Å²) >= 11 is 0. The van der Waals surface area contributed by atoms with Crippen LogP contribution >= 0.6 is 0 Å². The predicted octanol–water partition coefficient (Wildman–Crippen LogP) is 3.96. The first-order valence-corrected chi connectivity index (χ1v) is 11.8. The van der Waals surface area contributed by atoms with Gasteiger partial charge in [-0.05, 0) is 41.8 Å². The van der Waals surface area contributed by atoms with Crippen molar-refractivity contribution in [1.29, 1.82) is 0 Å². The summed E-state index contributed by atoms with van der Waals surface area (Å²) in [5.41, 5.74) is 3.18. The van der Waals surface area contributed by atoms with E-state index in [2.05, 4.69) is 10.6 Å². The van der Waals surface area contributed by atoms with Gasteiger partial charge < -0.3 is 23.8 Å². The number of methoxy groups -OCH3 is 2. The lowest BCUT2D eigenvalue weighted by Crippen LogP contribution is -2.42. The molecule has 7 heteroatoms. The van der Waals surface area contributed by atoms with E-state index in [1.165, 1.54) is 6.92 Å². The zero-order valence-electron chi connectivity index (χ0n) is 20.9. The zero-order valence-corrected chi connectivity index (χ0v) is 20.9. The number of benzene rings is 2. The van der Waals surface area contributed by atoms with Crippen molar-refractivity contribution in [3.63, 3.8) is 0 Å². The quantitative estimate of drug-likeness (QED) is 0.350. The SMILES string of the molecule is COCCCN(CC(=O)N(Cc1ccccc1)Cc1cccn1Cc1cccc(OC)c1)C(C)=O. The zero-order chi connectivity index (χ0) is 25.0. The highest BCUT2D eigenvalue weighted by atomic mass is 16.5. The van der Waals surface area contributed by atoms with Gasteiger partial charge in [-0.25, -0.2) is 0 Å². The third-order valence-electron chi connectivity index (χ3n) is 5.88. The first-order valence-electron chi connectivity index (χ1n) is 11.8. The Hall–Kier alpha value is -3.58. The smallest absolute Gasteiger partial charge is 0.242 e. The molecule has 186 valence electrons. The van der Waals surface area contributed by atoms with E-state index in [0.717, 1.165) is 22.6 Å². The fourth-order valence-corrected chi connectivity index (χ4v) is 3.96. The van der Waals surface area contributed by atoms with E-state index in [4.69, 9.17) is 9.47 Å². The van der Waals surface area contributed by atoms with Crippen LogP contribution in [0, 0.1) is 0 Å². The highest BCUT2D eigenvalue weighted by Crippen LogP contribution is 2.17. The molecular formula is C28H35N3O4. The molecule has 0 atom stereocenters. The number of amides is 2. The molecule has 1 heterocycles. The monoisotopic (exact) mass is 477 g/mol. The van der Waals surface area contributed by atoms with Gasteiger partial charge in [0.25, 0.3) is 0 Å². The molecule has 3 aromatic rings. The van der Waals surface area contributed by atoms with E-state index >= 15 is 0 Å². The summed E-state index contributed by atoms with van der Waals surface area (Å²) in [6.07, 6.45) is 2.71. The first kappa shape index (κ1) is 26.0. The predicted molar refractivity (Wildman–Crippen MR) is 136 cm³/mol. The lowest BCUT2D eigenvalue weighted by Gasteiger charge is -2.28. The molecule has 0 aliphatic heterocycles. The highest BCUT2D eigenvalue weighted by molar-refractivity contribution is 5.83. The number of aromatic nitrogens is 1. The topological polar surface area (TPSA) is 64.0 Å². The van der Waals surface area contributed by atoms with Crippen molar-refractivity contribution in [1.82, 2.24) is 14.4 Å². The standard InChI is InChI=1S/C28H35N3O4/c1-23(32)29(16-9-17-34-2)22-28(33)31(19-24-10-5-4-6-11-24)21-26-13-8-15-30(26)20-25-12-7-14-27(18-25)35-3/h4-8,10-15,18H,9,16-17,19-22H2,1-3H3. The Morgan fingerprint density at radius 1 is 0.886 bits per heavy atom. The molecule has 0 saturated heterocycles. The second-order valence-corrected chi connectivity index (χ2v) is 8.50. The van der Waals surface area contributed by atoms with E-state index in [1.54, 1.807) is 19.1 Å². The normalized spacial score (nSPS) is 10.7. The molecule has 0 bridgehead atoms. The fourth-order valence-electron chi connectivity index (χ4n) is 3.96. The first-order chi connectivity index (χ1) is 17.0. The van der Waals surface area contributed by atoms with Crippen LogP contribution in [0.3, 0.4) is 0 Å². The molecule has 0 aliphatic rings. The maximum Gasteiger partial charge on any atom is 0.242 e. The molecule has 0 aliphatic carbocycles. The minimum atomic E-state index is -0.115. The van der Waals surface area contributed by atoms with E-state index < -0.39 is 0 Å². The molecule has 0 radical (unpaired) electrons. The Morgan fingerprint density at radius 2 is 1.66 bits per heavy atom. The van der Waals surface area contributed by atoms with Crippen molar-refractivity contribution in [3.8, 4) is 5.75 Å². The molecule has 2 aromatic carbocycles. The lowest BCUT2D eigenvalue weighted by atomic mass is 10.2. The van der Waals surface area contributed by atoms with Gasteiger partial charge in [-0.15, -0.1) is 0 Å². The minimum Gasteiger partial charge on any atom is -0.497 e. The molecular weight excluding hydrogens is 442 g/mol. The van der Waals surface area contributed by atoms with E-state index in [9.17, 15) is 9.59 Å². The molecule has 0 unspecified atom stereocenters. The van der Waals surface area contributed by atoms with Gasteiger partial charge in [-0.1, -0.05) is 42.5 Å². The van der Waals surface area contributed by atoms with Crippen molar-refractivity contribution in [2.45, 2.75) is 33.0 Å². The Labute approximate surface area is 207 Å². The molecule has 7 nitrogen and oxygen atoms in total. The lowest BCUT2D eigenvalue weighted by molar-refractivity contribution is -0.140. The third-order valence-corrected chi connectivity index (χ3v) is 5.88. The second kappa shape index (κ2) is 13.3. The number of nitrogens with zero attached hydrogens (tertiary/aromatic N) is 3. The number of carbonyl (C=O) groups is 2. The summed E-state index contributed by atoms with van der Waals surface area (Å²) < 4.78 is 12.6. The maximum atomic E-state index is 13.4. The summed E-state index contributed by atoms with van der Waals surface area (Å²) in [7, 11) is 3.29. The van der Waals surface area contributed by atoms with Gasteiger partial charge in [-0.2, -0.15) is 0 Å². The fraction of sp³-hybridized carbons (Fsp3) is 0.357. The molecule has 2 amide bonds. The van der Waals surface area contributed by atoms with Crippen LogP contribution in [0.1, 0.15) is 30.2 Å². The van der Waals surface area contributed by atoms with Crippen LogP contribution in [-0.2, 0) is 34.0 Å². The summed E-state index contributed by atoms with van der Waals surface area (Å²) in [6.45, 7) is 4.15. The highest BCUT2D eigenvalue weighted by Gasteiger charge is 2.21. The Kier molecular flexibility index (Phi) is 9.93. The van der Waals surface area contributed by atoms with Crippen molar-refractivity contribution in [2.75, 3.05) is 33.9 Å². The van der Waals surface area contributed by atoms with Crippen LogP contribution in [0.25, 0.3) is 0 Å². The average molecular weight is 478 g/mol. The van der Waals surface area contributed by atoms with Crippen LogP contribution in [0.5, 0.6) is 5.75 Å². The summed E-state index contributed by atoms with van der Waals surface area (Å²) in [5.74, 6) is 0.612. The van der Waals surface area contributed by atoms with Crippen LogP contribution < -0.4 is 4.74 Å². The van der Waals surface area contributed by atoms with E-state index in [0.29, 0.717) is 39.2 Å². The van der Waals surface area contributed by atoms with Gasteiger partial charge in [0.1, 0.15) is 5.75 Å². The number of ether oxygens (including phenoxy) is 2. The van der Waals surface area contributed by atoms with E-state index in [1.807, 2.05) is 71.8 Å². The number of rotatable bonds is 13. The Morgan fingerprint density at radius 3 is 2.37 bits per heavy atom. The molecule has 35 heavy (non-hydrogen) atoms. The van der Waals surface area contributed by atoms with Gasteiger partial charge in [0.2, 0.25) is 11.8 Å². The molecule has 3 rings (SSSR count). The van der Waals surface area contributed by atoms with Gasteiger partial charge in [0, 0.05) is 52.2 Å².